The van der Waals surface area contributed by atoms with Crippen LogP contribution in [0.25, 0.3) is 0 Å². The maximum atomic E-state index is 13.1. The van der Waals surface area contributed by atoms with Gasteiger partial charge in [-0.3, -0.25) is 10.1 Å². The van der Waals surface area contributed by atoms with Gasteiger partial charge in [-0.25, -0.2) is 4.39 Å². The summed E-state index contributed by atoms with van der Waals surface area (Å²) in [5.74, 6) is -0.711. The first-order chi connectivity index (χ1) is 10.4. The number of hydrogen-bond donors (Lipinski definition) is 2. The maximum absolute atomic E-state index is 13.1. The quantitative estimate of drug-likeness (QED) is 0.465. The van der Waals surface area contributed by atoms with E-state index in [4.69, 9.17) is 35.4 Å². The van der Waals surface area contributed by atoms with Crippen molar-refractivity contribution in [3.63, 3.8) is 0 Å². The molecule has 0 amide bonds. The van der Waals surface area contributed by atoms with Crippen LogP contribution in [0, 0.1) is 15.9 Å². The van der Waals surface area contributed by atoms with Gasteiger partial charge in [0, 0.05) is 5.02 Å². The fraction of sp³-hybridized carbons (Fsp3) is 0. The van der Waals surface area contributed by atoms with Crippen molar-refractivity contribution in [2.75, 3.05) is 10.6 Å². The van der Waals surface area contributed by atoms with E-state index >= 15 is 0 Å². The van der Waals surface area contributed by atoms with Crippen molar-refractivity contribution >= 4 is 57.6 Å². The van der Waals surface area contributed by atoms with E-state index in [9.17, 15) is 14.5 Å². The number of hydrogen-bond acceptors (Lipinski definition) is 3. The number of anilines is 2. The Kier molecular flexibility index (Phi) is 5.12. The summed E-state index contributed by atoms with van der Waals surface area (Å²) < 4.78 is 13.1. The molecule has 0 aliphatic carbocycles. The number of thiocarbonyl (C=S) groups is 1. The molecule has 2 aromatic rings. The van der Waals surface area contributed by atoms with Crippen molar-refractivity contribution in [1.29, 1.82) is 0 Å². The second kappa shape index (κ2) is 6.87. The minimum absolute atomic E-state index is 0.0639. The second-order valence-electron chi connectivity index (χ2n) is 4.12. The van der Waals surface area contributed by atoms with Crippen LogP contribution in [-0.4, -0.2) is 10.0 Å². The molecule has 2 N–H and O–H groups in total. The highest BCUT2D eigenvalue weighted by Gasteiger charge is 2.16. The van der Waals surface area contributed by atoms with E-state index in [0.29, 0.717) is 15.7 Å². The van der Waals surface area contributed by atoms with Gasteiger partial charge in [-0.1, -0.05) is 23.2 Å². The molecule has 0 aromatic heterocycles. The molecular weight excluding hydrogens is 352 g/mol. The number of rotatable bonds is 3. The average Bonchev–Trinajstić information content (AvgIpc) is 2.43. The van der Waals surface area contributed by atoms with E-state index in [0.717, 1.165) is 12.1 Å². The molecule has 0 unspecified atom stereocenters. The molecule has 9 heteroatoms. The predicted molar refractivity (Wildman–Crippen MR) is 89.4 cm³/mol. The highest BCUT2D eigenvalue weighted by atomic mass is 35.5. The Morgan fingerprint density at radius 2 is 1.77 bits per heavy atom. The van der Waals surface area contributed by atoms with Crippen LogP contribution < -0.4 is 10.6 Å². The van der Waals surface area contributed by atoms with Gasteiger partial charge in [0.05, 0.1) is 21.7 Å². The molecule has 2 aromatic carbocycles. The first-order valence-electron chi connectivity index (χ1n) is 5.84. The van der Waals surface area contributed by atoms with Crippen molar-refractivity contribution in [2.24, 2.45) is 0 Å². The first kappa shape index (κ1) is 16.4. The van der Waals surface area contributed by atoms with Crippen molar-refractivity contribution in [3.05, 3.63) is 62.4 Å². The number of benzene rings is 2. The number of nitro benzene ring substituents is 1. The van der Waals surface area contributed by atoms with Crippen molar-refractivity contribution < 1.29 is 9.31 Å². The predicted octanol–water partition coefficient (Wildman–Crippen LogP) is 4.85. The topological polar surface area (TPSA) is 67.2 Å². The minimum atomic E-state index is -0.711. The fourth-order valence-corrected chi connectivity index (χ4v) is 2.30. The van der Waals surface area contributed by atoms with Gasteiger partial charge in [0.25, 0.3) is 5.69 Å². The lowest BCUT2D eigenvalue weighted by Crippen LogP contribution is -2.20. The standard InChI is InChI=1S/C13H8Cl2FN3O2S/c14-7-1-3-10(9(15)5-7)17-13(22)18-11-4-2-8(16)6-12(11)19(20)21/h1-6H,(H2,17,18,22). The number of nitrogens with zero attached hydrogens (tertiary/aromatic N) is 1. The molecule has 0 spiro atoms. The Morgan fingerprint density at radius 1 is 1.14 bits per heavy atom. The molecule has 114 valence electrons. The van der Waals surface area contributed by atoms with Gasteiger partial charge in [0.2, 0.25) is 0 Å². The van der Waals surface area contributed by atoms with Crippen molar-refractivity contribution in [3.8, 4) is 0 Å². The van der Waals surface area contributed by atoms with E-state index in [1.54, 1.807) is 12.1 Å². The summed E-state index contributed by atoms with van der Waals surface area (Å²) in [6, 6.07) is 7.86. The SMILES string of the molecule is O=[N+]([O-])c1cc(F)ccc1NC(=S)Nc1ccc(Cl)cc1Cl. The van der Waals surface area contributed by atoms with Crippen LogP contribution >= 0.6 is 35.4 Å². The van der Waals surface area contributed by atoms with Gasteiger partial charge in [-0.05, 0) is 42.5 Å². The Labute approximate surface area is 140 Å². The molecule has 0 radical (unpaired) electrons. The lowest BCUT2D eigenvalue weighted by Gasteiger charge is -2.12. The zero-order chi connectivity index (χ0) is 16.3. The highest BCUT2D eigenvalue weighted by molar-refractivity contribution is 7.80. The van der Waals surface area contributed by atoms with Gasteiger partial charge in [-0.2, -0.15) is 0 Å². The molecule has 0 saturated carbocycles. The normalized spacial score (nSPS) is 10.1. The van der Waals surface area contributed by atoms with Crippen LogP contribution in [0.1, 0.15) is 0 Å². The molecule has 0 fully saturated rings. The van der Waals surface area contributed by atoms with Crippen LogP contribution in [-0.2, 0) is 0 Å². The van der Waals surface area contributed by atoms with E-state index in [1.165, 1.54) is 12.1 Å². The maximum Gasteiger partial charge on any atom is 0.295 e. The van der Waals surface area contributed by atoms with E-state index in [-0.39, 0.29) is 10.8 Å². The fourth-order valence-electron chi connectivity index (χ4n) is 1.63. The van der Waals surface area contributed by atoms with Crippen LogP contribution in [0.4, 0.5) is 21.5 Å². The van der Waals surface area contributed by atoms with Gasteiger partial charge in [0.1, 0.15) is 11.5 Å². The summed E-state index contributed by atoms with van der Waals surface area (Å²) in [6.07, 6.45) is 0. The van der Waals surface area contributed by atoms with Gasteiger partial charge in [0.15, 0.2) is 5.11 Å². The third-order valence-corrected chi connectivity index (χ3v) is 3.34. The summed E-state index contributed by atoms with van der Waals surface area (Å²) in [4.78, 5) is 10.2. The summed E-state index contributed by atoms with van der Waals surface area (Å²) in [5.41, 5.74) is 0.119. The lowest BCUT2D eigenvalue weighted by molar-refractivity contribution is -0.384. The van der Waals surface area contributed by atoms with E-state index in [1.807, 2.05) is 0 Å². The van der Waals surface area contributed by atoms with Gasteiger partial charge >= 0.3 is 0 Å². The first-order valence-corrected chi connectivity index (χ1v) is 7.00. The minimum Gasteiger partial charge on any atom is -0.331 e. The summed E-state index contributed by atoms with van der Waals surface area (Å²) >= 11 is 16.8. The average molecular weight is 360 g/mol. The number of halogens is 3. The van der Waals surface area contributed by atoms with Crippen LogP contribution in [0.3, 0.4) is 0 Å². The highest BCUT2D eigenvalue weighted by Crippen LogP contribution is 2.27. The van der Waals surface area contributed by atoms with E-state index < -0.39 is 16.4 Å². The Morgan fingerprint density at radius 3 is 2.41 bits per heavy atom. The molecule has 2 rings (SSSR count). The summed E-state index contributed by atoms with van der Waals surface area (Å²) in [5, 5.41) is 17.2. The molecule has 5 nitrogen and oxygen atoms in total. The Balaban J connectivity index is 2.17. The van der Waals surface area contributed by atoms with Crippen molar-refractivity contribution in [2.45, 2.75) is 0 Å². The number of nitro groups is 1. The molecular formula is C13H8Cl2FN3O2S. The van der Waals surface area contributed by atoms with Gasteiger partial charge < -0.3 is 10.6 Å². The zero-order valence-corrected chi connectivity index (χ0v) is 13.1. The largest absolute Gasteiger partial charge is 0.331 e. The molecule has 0 aliphatic heterocycles. The molecule has 0 aliphatic rings. The molecule has 22 heavy (non-hydrogen) atoms. The van der Waals surface area contributed by atoms with Crippen molar-refractivity contribution in [1.82, 2.24) is 0 Å². The van der Waals surface area contributed by atoms with Crippen LogP contribution in [0.15, 0.2) is 36.4 Å². The third-order valence-electron chi connectivity index (χ3n) is 2.58. The van der Waals surface area contributed by atoms with Gasteiger partial charge in [-0.15, -0.1) is 0 Å². The monoisotopic (exact) mass is 359 g/mol. The zero-order valence-electron chi connectivity index (χ0n) is 10.8. The summed E-state index contributed by atoms with van der Waals surface area (Å²) in [6.45, 7) is 0. The van der Waals surface area contributed by atoms with E-state index in [2.05, 4.69) is 10.6 Å². The molecule has 0 saturated heterocycles. The van der Waals surface area contributed by atoms with Crippen LogP contribution in [0.5, 0.6) is 0 Å². The lowest BCUT2D eigenvalue weighted by atomic mass is 10.2. The summed E-state index contributed by atoms with van der Waals surface area (Å²) in [7, 11) is 0. The smallest absolute Gasteiger partial charge is 0.295 e. The Hall–Kier alpha value is -1.96. The van der Waals surface area contributed by atoms with Crippen LogP contribution in [0.2, 0.25) is 10.0 Å². The molecule has 0 atom stereocenters. The molecule has 0 heterocycles. The molecule has 0 bridgehead atoms. The number of nitrogens with one attached hydrogen (secondary N) is 2. The second-order valence-corrected chi connectivity index (χ2v) is 5.37. The Bertz CT molecular complexity index is 758. The third kappa shape index (κ3) is 4.03.